The third-order valence-electron chi connectivity index (χ3n) is 4.94. The number of hydrogen-bond donors (Lipinski definition) is 1. The summed E-state index contributed by atoms with van der Waals surface area (Å²) in [6.07, 6.45) is 7.33. The first-order valence-electron chi connectivity index (χ1n) is 8.25. The number of carboxylic acids is 1. The van der Waals surface area contributed by atoms with Crippen LogP contribution in [0.25, 0.3) is 0 Å². The number of aliphatic carboxylic acids is 1. The van der Waals surface area contributed by atoms with E-state index in [1.807, 2.05) is 0 Å². The molecule has 1 aromatic carbocycles. The lowest BCUT2D eigenvalue weighted by atomic mass is 9.93. The zero-order valence-electron chi connectivity index (χ0n) is 12.7. The highest BCUT2D eigenvalue weighted by atomic mass is 16.4. The molecule has 1 unspecified atom stereocenters. The Morgan fingerprint density at radius 1 is 1.24 bits per heavy atom. The number of benzene rings is 1. The van der Waals surface area contributed by atoms with E-state index in [4.69, 9.17) is 5.11 Å². The molecule has 1 aliphatic heterocycles. The zero-order chi connectivity index (χ0) is 14.7. The molecular weight excluding hydrogens is 262 g/mol. The molecule has 0 bridgehead atoms. The van der Waals surface area contributed by atoms with Crippen molar-refractivity contribution in [2.24, 2.45) is 5.92 Å². The fraction of sp³-hybridized carbons (Fsp3) is 0.611. The van der Waals surface area contributed by atoms with E-state index in [0.717, 1.165) is 26.1 Å². The lowest BCUT2D eigenvalue weighted by Gasteiger charge is -2.32. The van der Waals surface area contributed by atoms with Crippen molar-refractivity contribution in [1.29, 1.82) is 0 Å². The quantitative estimate of drug-likeness (QED) is 0.903. The van der Waals surface area contributed by atoms with Crippen molar-refractivity contribution >= 4 is 5.97 Å². The second-order valence-corrected chi connectivity index (χ2v) is 6.63. The van der Waals surface area contributed by atoms with Crippen molar-refractivity contribution in [2.75, 3.05) is 13.1 Å². The topological polar surface area (TPSA) is 40.5 Å². The van der Waals surface area contributed by atoms with Gasteiger partial charge in [0.2, 0.25) is 0 Å². The lowest BCUT2D eigenvalue weighted by molar-refractivity contribution is -0.137. The van der Waals surface area contributed by atoms with Crippen LogP contribution < -0.4 is 0 Å². The van der Waals surface area contributed by atoms with Gasteiger partial charge in [-0.25, -0.2) is 0 Å². The predicted molar refractivity (Wildman–Crippen MR) is 83.3 cm³/mol. The van der Waals surface area contributed by atoms with Crippen LogP contribution in [0.5, 0.6) is 0 Å². The van der Waals surface area contributed by atoms with Gasteiger partial charge in [0.05, 0.1) is 0 Å². The molecule has 3 heteroatoms. The average molecular weight is 287 g/mol. The van der Waals surface area contributed by atoms with Gasteiger partial charge in [-0.1, -0.05) is 18.2 Å². The molecule has 3 rings (SSSR count). The highest BCUT2D eigenvalue weighted by molar-refractivity contribution is 5.66. The summed E-state index contributed by atoms with van der Waals surface area (Å²) >= 11 is 0. The third-order valence-corrected chi connectivity index (χ3v) is 4.94. The zero-order valence-corrected chi connectivity index (χ0v) is 12.7. The van der Waals surface area contributed by atoms with Gasteiger partial charge >= 0.3 is 5.97 Å². The van der Waals surface area contributed by atoms with Gasteiger partial charge in [-0.2, -0.15) is 0 Å². The number of piperidine rings is 1. The molecule has 21 heavy (non-hydrogen) atoms. The van der Waals surface area contributed by atoms with Gasteiger partial charge in [-0.05, 0) is 67.7 Å². The largest absolute Gasteiger partial charge is 0.481 e. The molecule has 1 fully saturated rings. The fourth-order valence-corrected chi connectivity index (χ4v) is 3.84. The summed E-state index contributed by atoms with van der Waals surface area (Å²) in [5.41, 5.74) is 4.51. The number of fused-ring (bicyclic) bond motifs is 1. The van der Waals surface area contributed by atoms with Crippen LogP contribution in [0.2, 0.25) is 0 Å². The minimum absolute atomic E-state index is 0.317. The standard InChI is InChI=1S/C18H25NO2/c20-18(21)9-7-14-3-2-10-19(12-14)13-15-6-8-16-4-1-5-17(16)11-15/h6,8,11,14H,1-5,7,9-10,12-13H2,(H,20,21). The Balaban J connectivity index is 1.55. The maximum atomic E-state index is 10.7. The fourth-order valence-electron chi connectivity index (χ4n) is 3.84. The van der Waals surface area contributed by atoms with Crippen LogP contribution in [0.15, 0.2) is 18.2 Å². The summed E-state index contributed by atoms with van der Waals surface area (Å²) in [7, 11) is 0. The molecule has 2 aliphatic rings. The van der Waals surface area contributed by atoms with Crippen molar-refractivity contribution in [3.63, 3.8) is 0 Å². The Labute approximate surface area is 127 Å². The second kappa shape index (κ2) is 6.61. The number of likely N-dealkylation sites (tertiary alicyclic amines) is 1. The molecule has 0 saturated carbocycles. The highest BCUT2D eigenvalue weighted by Gasteiger charge is 2.21. The van der Waals surface area contributed by atoms with Crippen LogP contribution >= 0.6 is 0 Å². The maximum Gasteiger partial charge on any atom is 0.303 e. The highest BCUT2D eigenvalue weighted by Crippen LogP contribution is 2.25. The van der Waals surface area contributed by atoms with Gasteiger partial charge in [0.15, 0.2) is 0 Å². The van der Waals surface area contributed by atoms with Crippen LogP contribution in [0, 0.1) is 5.92 Å². The van der Waals surface area contributed by atoms with E-state index in [9.17, 15) is 4.79 Å². The second-order valence-electron chi connectivity index (χ2n) is 6.63. The number of nitrogens with zero attached hydrogens (tertiary/aromatic N) is 1. The number of carboxylic acid groups (broad SMARTS) is 1. The van der Waals surface area contributed by atoms with Gasteiger partial charge in [-0.3, -0.25) is 9.69 Å². The van der Waals surface area contributed by atoms with Crippen LogP contribution in [0.4, 0.5) is 0 Å². The Kier molecular flexibility index (Phi) is 4.59. The molecular formula is C18H25NO2. The van der Waals surface area contributed by atoms with Crippen molar-refractivity contribution < 1.29 is 9.90 Å². The van der Waals surface area contributed by atoms with Crippen LogP contribution in [-0.2, 0) is 24.2 Å². The molecule has 1 aliphatic carbocycles. The molecule has 3 nitrogen and oxygen atoms in total. The summed E-state index contributed by atoms with van der Waals surface area (Å²) in [4.78, 5) is 13.2. The molecule has 0 radical (unpaired) electrons. The number of hydrogen-bond acceptors (Lipinski definition) is 2. The van der Waals surface area contributed by atoms with Crippen LogP contribution in [0.1, 0.15) is 48.8 Å². The van der Waals surface area contributed by atoms with Gasteiger partial charge in [-0.15, -0.1) is 0 Å². The third kappa shape index (κ3) is 3.85. The van der Waals surface area contributed by atoms with Gasteiger partial charge in [0, 0.05) is 19.5 Å². The summed E-state index contributed by atoms with van der Waals surface area (Å²) in [5, 5.41) is 8.82. The van der Waals surface area contributed by atoms with E-state index in [1.54, 1.807) is 5.56 Å². The Morgan fingerprint density at radius 2 is 2.10 bits per heavy atom. The first kappa shape index (κ1) is 14.6. The molecule has 1 atom stereocenters. The van der Waals surface area contributed by atoms with E-state index < -0.39 is 5.97 Å². The molecule has 0 spiro atoms. The Bertz CT molecular complexity index is 512. The molecule has 1 saturated heterocycles. The average Bonchev–Trinajstić information content (AvgIpc) is 2.93. The van der Waals surface area contributed by atoms with E-state index in [2.05, 4.69) is 23.1 Å². The van der Waals surface area contributed by atoms with E-state index in [0.29, 0.717) is 12.3 Å². The molecule has 1 N–H and O–H groups in total. The summed E-state index contributed by atoms with van der Waals surface area (Å²) < 4.78 is 0. The molecule has 1 heterocycles. The van der Waals surface area contributed by atoms with Crippen molar-refractivity contribution in [2.45, 2.75) is 51.5 Å². The van der Waals surface area contributed by atoms with E-state index >= 15 is 0 Å². The molecule has 114 valence electrons. The van der Waals surface area contributed by atoms with Crippen molar-refractivity contribution in [1.82, 2.24) is 4.90 Å². The normalized spacial score (nSPS) is 22.2. The molecule has 1 aromatic rings. The summed E-state index contributed by atoms with van der Waals surface area (Å²) in [6.45, 7) is 3.24. The van der Waals surface area contributed by atoms with E-state index in [-0.39, 0.29) is 0 Å². The maximum absolute atomic E-state index is 10.7. The SMILES string of the molecule is O=C(O)CCC1CCCN(Cc2ccc3c(c2)CCC3)C1. The monoisotopic (exact) mass is 287 g/mol. The van der Waals surface area contributed by atoms with Crippen molar-refractivity contribution in [3.05, 3.63) is 34.9 Å². The lowest BCUT2D eigenvalue weighted by Crippen LogP contribution is -2.35. The minimum atomic E-state index is -0.661. The van der Waals surface area contributed by atoms with Crippen LogP contribution in [-0.4, -0.2) is 29.1 Å². The first-order valence-corrected chi connectivity index (χ1v) is 8.25. The van der Waals surface area contributed by atoms with E-state index in [1.165, 1.54) is 43.2 Å². The number of aryl methyl sites for hydroxylation is 2. The first-order chi connectivity index (χ1) is 10.2. The van der Waals surface area contributed by atoms with Gasteiger partial charge < -0.3 is 5.11 Å². The van der Waals surface area contributed by atoms with Gasteiger partial charge in [0.25, 0.3) is 0 Å². The summed E-state index contributed by atoms with van der Waals surface area (Å²) in [6, 6.07) is 6.98. The minimum Gasteiger partial charge on any atom is -0.481 e. The molecule has 0 aromatic heterocycles. The Morgan fingerprint density at radius 3 is 2.95 bits per heavy atom. The van der Waals surface area contributed by atoms with Gasteiger partial charge in [0.1, 0.15) is 0 Å². The predicted octanol–water partition coefficient (Wildman–Crippen LogP) is 3.25. The van der Waals surface area contributed by atoms with Crippen LogP contribution in [0.3, 0.4) is 0 Å². The van der Waals surface area contributed by atoms with Crippen molar-refractivity contribution in [3.8, 4) is 0 Å². The number of carbonyl (C=O) groups is 1. The smallest absolute Gasteiger partial charge is 0.303 e. The Hall–Kier alpha value is -1.35. The summed E-state index contributed by atoms with van der Waals surface area (Å²) in [5.74, 6) is -0.102. The number of rotatable bonds is 5. The molecule has 0 amide bonds.